The van der Waals surface area contributed by atoms with Crippen molar-refractivity contribution in [1.82, 2.24) is 0 Å². The lowest BCUT2D eigenvalue weighted by Gasteiger charge is -2.21. The Morgan fingerprint density at radius 1 is 0.967 bits per heavy atom. The highest BCUT2D eigenvalue weighted by atomic mass is 16.6. The van der Waals surface area contributed by atoms with E-state index < -0.39 is 0 Å². The number of methoxy groups -OCH3 is 1. The number of rotatable bonds is 12. The van der Waals surface area contributed by atoms with Gasteiger partial charge in [-0.05, 0) is 75.3 Å². The number of ether oxygens (including phenoxy) is 2. The Balaban J connectivity index is 1.57. The Kier molecular flexibility index (Phi) is 9.74. The van der Waals surface area contributed by atoms with Crippen LogP contribution in [0, 0.1) is 0 Å². The molecule has 30 heavy (non-hydrogen) atoms. The van der Waals surface area contributed by atoms with Crippen molar-refractivity contribution in [3.05, 3.63) is 35.1 Å². The fourth-order valence-electron chi connectivity index (χ4n) is 4.06. The van der Waals surface area contributed by atoms with E-state index in [1.807, 2.05) is 26.8 Å². The summed E-state index contributed by atoms with van der Waals surface area (Å²) in [5, 5.41) is 10.4. The lowest BCUT2D eigenvalue weighted by Crippen LogP contribution is -2.23. The van der Waals surface area contributed by atoms with Gasteiger partial charge >= 0.3 is 5.97 Å². The molecule has 0 heterocycles. The Morgan fingerprint density at radius 2 is 1.60 bits per heavy atom. The summed E-state index contributed by atoms with van der Waals surface area (Å²) >= 11 is 0. The minimum atomic E-state index is -0.378. The van der Waals surface area contributed by atoms with E-state index in [4.69, 9.17) is 9.47 Å². The average Bonchev–Trinajstić information content (AvgIpc) is 2.69. The maximum Gasteiger partial charge on any atom is 0.306 e. The molecule has 0 aliphatic heterocycles. The van der Waals surface area contributed by atoms with E-state index in [1.165, 1.54) is 43.2 Å². The van der Waals surface area contributed by atoms with Crippen LogP contribution in [0.15, 0.2) is 24.0 Å². The number of aliphatic hydroxyl groups is 1. The van der Waals surface area contributed by atoms with Crippen LogP contribution < -0.4 is 4.74 Å². The van der Waals surface area contributed by atoms with E-state index in [2.05, 4.69) is 12.1 Å². The molecule has 4 heteroatoms. The molecular formula is C26H40O4. The summed E-state index contributed by atoms with van der Waals surface area (Å²) in [6, 6.07) is 6.18. The van der Waals surface area contributed by atoms with Gasteiger partial charge in [-0.2, -0.15) is 0 Å². The quantitative estimate of drug-likeness (QED) is 0.290. The highest BCUT2D eigenvalue weighted by Gasteiger charge is 2.19. The molecule has 1 aromatic rings. The van der Waals surface area contributed by atoms with Gasteiger partial charge in [0, 0.05) is 12.8 Å². The third-order valence-corrected chi connectivity index (χ3v) is 5.59. The monoisotopic (exact) mass is 416 g/mol. The first kappa shape index (κ1) is 24.3. The Hall–Kier alpha value is -1.97. The van der Waals surface area contributed by atoms with E-state index in [-0.39, 0.29) is 11.6 Å². The van der Waals surface area contributed by atoms with Crippen molar-refractivity contribution in [2.24, 2.45) is 0 Å². The van der Waals surface area contributed by atoms with Gasteiger partial charge in [-0.3, -0.25) is 4.79 Å². The molecule has 0 aromatic heterocycles. The lowest BCUT2D eigenvalue weighted by molar-refractivity contribution is -0.154. The van der Waals surface area contributed by atoms with Crippen LogP contribution in [0.2, 0.25) is 0 Å². The molecule has 0 radical (unpaired) electrons. The largest absolute Gasteiger partial charge is 0.512 e. The van der Waals surface area contributed by atoms with Crippen LogP contribution >= 0.6 is 0 Å². The van der Waals surface area contributed by atoms with Crippen LogP contribution in [0.1, 0.15) is 103 Å². The zero-order valence-corrected chi connectivity index (χ0v) is 19.4. The van der Waals surface area contributed by atoms with Gasteiger partial charge in [0.15, 0.2) is 0 Å². The van der Waals surface area contributed by atoms with Gasteiger partial charge in [-0.25, -0.2) is 0 Å². The lowest BCUT2D eigenvalue weighted by atomic mass is 9.86. The van der Waals surface area contributed by atoms with Gasteiger partial charge in [0.1, 0.15) is 11.4 Å². The van der Waals surface area contributed by atoms with Crippen LogP contribution in [0.4, 0.5) is 0 Å². The second-order valence-electron chi connectivity index (χ2n) is 9.36. The van der Waals surface area contributed by atoms with Crippen molar-refractivity contribution in [2.45, 2.75) is 103 Å². The van der Waals surface area contributed by atoms with Gasteiger partial charge in [0.2, 0.25) is 0 Å². The Labute approximate surface area is 182 Å². The first-order valence-corrected chi connectivity index (χ1v) is 11.6. The van der Waals surface area contributed by atoms with E-state index in [0.29, 0.717) is 12.2 Å². The van der Waals surface area contributed by atoms with Crippen molar-refractivity contribution in [1.29, 1.82) is 0 Å². The number of hydrogen-bond acceptors (Lipinski definition) is 4. The third-order valence-electron chi connectivity index (χ3n) is 5.59. The molecule has 1 aromatic carbocycles. The molecule has 1 aliphatic carbocycles. The molecule has 0 unspecified atom stereocenters. The van der Waals surface area contributed by atoms with E-state index in [0.717, 1.165) is 49.8 Å². The van der Waals surface area contributed by atoms with Gasteiger partial charge in [-0.15, -0.1) is 0 Å². The van der Waals surface area contributed by atoms with Crippen molar-refractivity contribution < 1.29 is 19.4 Å². The smallest absolute Gasteiger partial charge is 0.306 e. The molecule has 4 nitrogen and oxygen atoms in total. The minimum Gasteiger partial charge on any atom is -0.512 e. The number of hydrogen-bond donors (Lipinski definition) is 1. The molecule has 168 valence electrons. The standard InChI is InChI=1S/C26H40O4/c1-26(2,3)30-25(28)14-12-10-8-6-5-7-9-11-13-23-22-17-16-21(29-4)19-20(22)15-18-24(23)27/h16-17,19,27H,5-15,18H2,1-4H3. The SMILES string of the molecule is COc1ccc2c(c1)CCC(O)=C2CCCCCCCCCCC(=O)OC(C)(C)C. The fraction of sp³-hybridized carbons (Fsp3) is 0.654. The number of aliphatic hydroxyl groups excluding tert-OH is 1. The van der Waals surface area contributed by atoms with Crippen LogP contribution in [-0.4, -0.2) is 23.8 Å². The third kappa shape index (κ3) is 8.41. The number of esters is 1. The van der Waals surface area contributed by atoms with Crippen LogP contribution in [-0.2, 0) is 16.0 Å². The summed E-state index contributed by atoms with van der Waals surface area (Å²) in [7, 11) is 1.69. The topological polar surface area (TPSA) is 55.8 Å². The molecular weight excluding hydrogens is 376 g/mol. The first-order chi connectivity index (χ1) is 14.3. The predicted molar refractivity (Wildman–Crippen MR) is 123 cm³/mol. The fourth-order valence-corrected chi connectivity index (χ4v) is 4.06. The molecule has 0 amide bonds. The van der Waals surface area contributed by atoms with Crippen LogP contribution in [0.3, 0.4) is 0 Å². The minimum absolute atomic E-state index is 0.0808. The zero-order valence-electron chi connectivity index (χ0n) is 19.4. The van der Waals surface area contributed by atoms with Gasteiger partial charge in [0.25, 0.3) is 0 Å². The number of fused-ring (bicyclic) bond motifs is 1. The zero-order chi connectivity index (χ0) is 22.0. The summed E-state index contributed by atoms with van der Waals surface area (Å²) in [5.41, 5.74) is 3.23. The molecule has 0 spiro atoms. The molecule has 0 fully saturated rings. The normalized spacial score (nSPS) is 13.9. The summed E-state index contributed by atoms with van der Waals surface area (Å²) in [4.78, 5) is 11.7. The summed E-state index contributed by atoms with van der Waals surface area (Å²) < 4.78 is 10.7. The number of unbranched alkanes of at least 4 members (excludes halogenated alkanes) is 7. The molecule has 0 saturated heterocycles. The van der Waals surface area contributed by atoms with Crippen molar-refractivity contribution >= 4 is 11.5 Å². The van der Waals surface area contributed by atoms with Gasteiger partial charge in [0.05, 0.1) is 12.9 Å². The second kappa shape index (κ2) is 12.0. The second-order valence-corrected chi connectivity index (χ2v) is 9.36. The van der Waals surface area contributed by atoms with E-state index in [9.17, 15) is 9.90 Å². The van der Waals surface area contributed by atoms with Crippen LogP contribution in [0.25, 0.3) is 5.57 Å². The molecule has 0 saturated carbocycles. The number of carbonyl (C=O) groups excluding carboxylic acids is 1. The van der Waals surface area contributed by atoms with E-state index >= 15 is 0 Å². The number of carbonyl (C=O) groups is 1. The van der Waals surface area contributed by atoms with E-state index in [1.54, 1.807) is 7.11 Å². The van der Waals surface area contributed by atoms with Crippen LogP contribution in [0.5, 0.6) is 5.75 Å². The number of allylic oxidation sites excluding steroid dienone is 2. The number of aryl methyl sites for hydroxylation is 1. The van der Waals surface area contributed by atoms with Crippen molar-refractivity contribution in [2.75, 3.05) is 7.11 Å². The van der Waals surface area contributed by atoms with Gasteiger partial charge in [-0.1, -0.05) is 44.6 Å². The predicted octanol–water partition coefficient (Wildman–Crippen LogP) is 7.15. The maximum atomic E-state index is 11.7. The van der Waals surface area contributed by atoms with Gasteiger partial charge < -0.3 is 14.6 Å². The molecule has 0 atom stereocenters. The average molecular weight is 417 g/mol. The Bertz CT molecular complexity index is 712. The number of benzene rings is 1. The molecule has 1 N–H and O–H groups in total. The summed E-state index contributed by atoms with van der Waals surface area (Å²) in [6.45, 7) is 5.73. The van der Waals surface area contributed by atoms with Crippen molar-refractivity contribution in [3.8, 4) is 5.75 Å². The van der Waals surface area contributed by atoms with Crippen molar-refractivity contribution in [3.63, 3.8) is 0 Å². The Morgan fingerprint density at radius 3 is 2.23 bits per heavy atom. The first-order valence-electron chi connectivity index (χ1n) is 11.6. The maximum absolute atomic E-state index is 11.7. The molecule has 2 rings (SSSR count). The highest BCUT2D eigenvalue weighted by molar-refractivity contribution is 5.72. The molecule has 0 bridgehead atoms. The molecule has 1 aliphatic rings. The summed E-state index contributed by atoms with van der Waals surface area (Å²) in [5.74, 6) is 1.38. The summed E-state index contributed by atoms with van der Waals surface area (Å²) in [6.07, 6.45) is 12.3. The highest BCUT2D eigenvalue weighted by Crippen LogP contribution is 2.35.